The van der Waals surface area contributed by atoms with E-state index in [1.807, 2.05) is 57.2 Å². The molecule has 1 atom stereocenters. The van der Waals surface area contributed by atoms with Crippen LogP contribution < -0.4 is 21.1 Å². The molecule has 192 valence electrons. The van der Waals surface area contributed by atoms with Crippen LogP contribution in [0.4, 0.5) is 16.2 Å². The van der Waals surface area contributed by atoms with Crippen molar-refractivity contribution in [2.45, 2.75) is 76.4 Å². The summed E-state index contributed by atoms with van der Waals surface area (Å²) in [5.74, 6) is 0. The number of sulfonamides is 1. The zero-order valence-electron chi connectivity index (χ0n) is 20.8. The van der Waals surface area contributed by atoms with Crippen molar-refractivity contribution < 1.29 is 17.9 Å². The number of carbonyl (C=O) groups excluding carboxylic acids is 1. The molecule has 0 aromatic heterocycles. The van der Waals surface area contributed by atoms with E-state index in [9.17, 15) is 13.2 Å². The predicted octanol–water partition coefficient (Wildman–Crippen LogP) is 4.83. The Bertz CT molecular complexity index is 1080. The minimum Gasteiger partial charge on any atom is -0.448 e. The number of hydrogen-bond acceptors (Lipinski definition) is 6. The van der Waals surface area contributed by atoms with Crippen LogP contribution >= 0.6 is 0 Å². The van der Waals surface area contributed by atoms with Crippen molar-refractivity contribution in [3.05, 3.63) is 54.1 Å². The molecule has 0 aliphatic heterocycles. The molecule has 3 rings (SSSR count). The second-order valence-electron chi connectivity index (χ2n) is 10.2. The molecule has 35 heavy (non-hydrogen) atoms. The highest BCUT2D eigenvalue weighted by molar-refractivity contribution is 7.89. The number of anilines is 2. The highest BCUT2D eigenvalue weighted by atomic mass is 32.2. The molecular weight excluding hydrogens is 464 g/mol. The zero-order chi connectivity index (χ0) is 25.5. The molecule has 0 saturated heterocycles. The van der Waals surface area contributed by atoms with E-state index >= 15 is 0 Å². The second kappa shape index (κ2) is 11.8. The number of nitrogens with two attached hydrogens (primary N) is 1. The SMILES string of the molecule is CC(C)(C)C(COC(N)=O)NS(=O)(=O)c1ccc(NC2CCCCC2)c(NCc2ccccc2)c1. The molecule has 0 bridgehead atoms. The first-order valence-corrected chi connectivity index (χ1v) is 13.7. The number of benzene rings is 2. The fraction of sp³-hybridized carbons (Fsp3) is 0.500. The van der Waals surface area contributed by atoms with Gasteiger partial charge in [-0.25, -0.2) is 17.9 Å². The average Bonchev–Trinajstić information content (AvgIpc) is 2.81. The maximum Gasteiger partial charge on any atom is 0.404 e. The Morgan fingerprint density at radius 2 is 1.74 bits per heavy atom. The van der Waals surface area contributed by atoms with Gasteiger partial charge in [0, 0.05) is 12.6 Å². The van der Waals surface area contributed by atoms with Crippen LogP contribution in [0.3, 0.4) is 0 Å². The summed E-state index contributed by atoms with van der Waals surface area (Å²) in [5, 5.41) is 7.03. The maximum absolute atomic E-state index is 13.3. The highest BCUT2D eigenvalue weighted by Gasteiger charge is 2.31. The first kappa shape index (κ1) is 26.8. The Hall–Kier alpha value is -2.78. The standard InChI is InChI=1S/C26H38N4O4S/c1-26(2,3)24(18-34-25(27)31)30-35(32,33)21-14-15-22(29-20-12-8-5-9-13-20)23(16-21)28-17-19-10-6-4-7-11-19/h4,6-7,10-11,14-16,20,24,28-30H,5,8-9,12-13,17-18H2,1-3H3,(H2,27,31). The summed E-state index contributed by atoms with van der Waals surface area (Å²) in [4.78, 5) is 11.2. The summed E-state index contributed by atoms with van der Waals surface area (Å²) in [7, 11) is -3.90. The largest absolute Gasteiger partial charge is 0.448 e. The molecule has 1 aliphatic rings. The van der Waals surface area contributed by atoms with Gasteiger partial charge in [0.15, 0.2) is 0 Å². The van der Waals surface area contributed by atoms with Gasteiger partial charge in [0.2, 0.25) is 10.0 Å². The van der Waals surface area contributed by atoms with E-state index in [1.54, 1.807) is 12.1 Å². The maximum atomic E-state index is 13.3. The lowest BCUT2D eigenvalue weighted by atomic mass is 9.88. The minimum absolute atomic E-state index is 0.135. The van der Waals surface area contributed by atoms with Crippen molar-refractivity contribution >= 4 is 27.5 Å². The van der Waals surface area contributed by atoms with Crippen molar-refractivity contribution in [2.75, 3.05) is 17.2 Å². The summed E-state index contributed by atoms with van der Waals surface area (Å²) in [6, 6.07) is 14.8. The van der Waals surface area contributed by atoms with E-state index in [4.69, 9.17) is 10.5 Å². The third-order valence-corrected chi connectivity index (χ3v) is 7.80. The van der Waals surface area contributed by atoms with Crippen LogP contribution in [0.25, 0.3) is 0 Å². The second-order valence-corrected chi connectivity index (χ2v) is 11.9. The summed E-state index contributed by atoms with van der Waals surface area (Å²) < 4.78 is 34.3. The van der Waals surface area contributed by atoms with Crippen molar-refractivity contribution in [2.24, 2.45) is 11.1 Å². The van der Waals surface area contributed by atoms with Gasteiger partial charge in [0.05, 0.1) is 22.3 Å². The first-order chi connectivity index (χ1) is 16.5. The molecular formula is C26H38N4O4S. The molecule has 1 fully saturated rings. The molecule has 1 saturated carbocycles. The van der Waals surface area contributed by atoms with Crippen LogP contribution in [-0.2, 0) is 21.3 Å². The van der Waals surface area contributed by atoms with Crippen LogP contribution in [0, 0.1) is 5.41 Å². The Balaban J connectivity index is 1.86. The number of carbonyl (C=O) groups is 1. The molecule has 1 aliphatic carbocycles. The van der Waals surface area contributed by atoms with Gasteiger partial charge in [-0.05, 0) is 42.0 Å². The van der Waals surface area contributed by atoms with Crippen LogP contribution in [-0.4, -0.2) is 33.2 Å². The molecule has 2 aromatic carbocycles. The molecule has 1 unspecified atom stereocenters. The van der Waals surface area contributed by atoms with E-state index in [2.05, 4.69) is 15.4 Å². The van der Waals surface area contributed by atoms with Gasteiger partial charge in [0.25, 0.3) is 0 Å². The lowest BCUT2D eigenvalue weighted by molar-refractivity contribution is 0.122. The van der Waals surface area contributed by atoms with E-state index in [1.165, 1.54) is 19.3 Å². The normalized spacial score (nSPS) is 15.9. The number of primary amides is 1. The monoisotopic (exact) mass is 502 g/mol. The quantitative estimate of drug-likeness (QED) is 0.369. The molecule has 8 nitrogen and oxygen atoms in total. The fourth-order valence-corrected chi connectivity index (χ4v) is 5.56. The van der Waals surface area contributed by atoms with Gasteiger partial charge in [-0.1, -0.05) is 70.4 Å². The van der Waals surface area contributed by atoms with Crippen LogP contribution in [0.1, 0.15) is 58.4 Å². The van der Waals surface area contributed by atoms with Gasteiger partial charge in [-0.15, -0.1) is 0 Å². The van der Waals surface area contributed by atoms with Gasteiger partial charge in [-0.2, -0.15) is 0 Å². The van der Waals surface area contributed by atoms with E-state index in [0.29, 0.717) is 12.6 Å². The topological polar surface area (TPSA) is 123 Å². The van der Waals surface area contributed by atoms with Crippen molar-refractivity contribution in [1.29, 1.82) is 0 Å². The highest BCUT2D eigenvalue weighted by Crippen LogP contribution is 2.30. The molecule has 1 amide bonds. The van der Waals surface area contributed by atoms with Crippen LogP contribution in [0.5, 0.6) is 0 Å². The fourth-order valence-electron chi connectivity index (χ4n) is 4.10. The lowest BCUT2D eigenvalue weighted by Gasteiger charge is -2.30. The van der Waals surface area contributed by atoms with Crippen molar-refractivity contribution in [1.82, 2.24) is 4.72 Å². The van der Waals surface area contributed by atoms with Gasteiger partial charge in [-0.3, -0.25) is 0 Å². The molecule has 0 radical (unpaired) electrons. The molecule has 0 heterocycles. The molecule has 5 N–H and O–H groups in total. The number of nitrogens with one attached hydrogen (secondary N) is 3. The predicted molar refractivity (Wildman–Crippen MR) is 140 cm³/mol. The summed E-state index contributed by atoms with van der Waals surface area (Å²) in [6.45, 7) is 6.02. The molecule has 2 aromatic rings. The van der Waals surface area contributed by atoms with E-state index in [-0.39, 0.29) is 11.5 Å². The Kier molecular flexibility index (Phi) is 9.02. The lowest BCUT2D eigenvalue weighted by Crippen LogP contribution is -2.47. The number of rotatable bonds is 10. The number of ether oxygens (including phenoxy) is 1. The van der Waals surface area contributed by atoms with Gasteiger partial charge in [0.1, 0.15) is 6.61 Å². The third-order valence-electron chi connectivity index (χ3n) is 6.33. The van der Waals surface area contributed by atoms with Gasteiger partial charge >= 0.3 is 6.09 Å². The Labute approximate surface area is 209 Å². The van der Waals surface area contributed by atoms with Crippen molar-refractivity contribution in [3.8, 4) is 0 Å². The number of hydrogen-bond donors (Lipinski definition) is 4. The Morgan fingerprint density at radius 1 is 1.06 bits per heavy atom. The van der Waals surface area contributed by atoms with Gasteiger partial charge < -0.3 is 21.1 Å². The number of amides is 1. The third kappa shape index (κ3) is 8.14. The summed E-state index contributed by atoms with van der Waals surface area (Å²) in [6.07, 6.45) is 4.92. The first-order valence-electron chi connectivity index (χ1n) is 12.2. The Morgan fingerprint density at radius 3 is 2.37 bits per heavy atom. The van der Waals surface area contributed by atoms with Crippen molar-refractivity contribution in [3.63, 3.8) is 0 Å². The average molecular weight is 503 g/mol. The van der Waals surface area contributed by atoms with Crippen LogP contribution in [0.2, 0.25) is 0 Å². The smallest absolute Gasteiger partial charge is 0.404 e. The minimum atomic E-state index is -3.90. The van der Waals surface area contributed by atoms with E-state index in [0.717, 1.165) is 29.8 Å². The summed E-state index contributed by atoms with van der Waals surface area (Å²) in [5.41, 5.74) is 7.31. The summed E-state index contributed by atoms with van der Waals surface area (Å²) >= 11 is 0. The molecule has 9 heteroatoms. The zero-order valence-corrected chi connectivity index (χ0v) is 21.7. The van der Waals surface area contributed by atoms with E-state index < -0.39 is 27.6 Å². The molecule has 0 spiro atoms. The van der Waals surface area contributed by atoms with Crippen LogP contribution in [0.15, 0.2) is 53.4 Å².